The molecule has 2 N–H and O–H groups in total. The summed E-state index contributed by atoms with van der Waals surface area (Å²) in [6.45, 7) is 0.934. The summed E-state index contributed by atoms with van der Waals surface area (Å²) in [6, 6.07) is 4.96. The minimum atomic E-state index is -0.171. The number of nitrogens with one attached hydrogen (secondary N) is 2. The van der Waals surface area contributed by atoms with Gasteiger partial charge in [-0.2, -0.15) is 0 Å². The SMILES string of the molecule is Fc1ccc2c(c1)NCCC1(CCCC1)N2. The van der Waals surface area contributed by atoms with Crippen LogP contribution in [-0.4, -0.2) is 12.1 Å². The van der Waals surface area contributed by atoms with Gasteiger partial charge in [-0.05, 0) is 37.5 Å². The third-order valence-electron chi connectivity index (χ3n) is 3.86. The van der Waals surface area contributed by atoms with Crippen LogP contribution in [0, 0.1) is 5.82 Å². The molecule has 1 saturated carbocycles. The maximum Gasteiger partial charge on any atom is 0.125 e. The van der Waals surface area contributed by atoms with E-state index >= 15 is 0 Å². The summed E-state index contributed by atoms with van der Waals surface area (Å²) >= 11 is 0. The first-order valence-electron chi connectivity index (χ1n) is 6.09. The molecule has 1 spiro atoms. The van der Waals surface area contributed by atoms with E-state index in [1.54, 1.807) is 6.07 Å². The molecule has 0 aromatic heterocycles. The molecule has 2 nitrogen and oxygen atoms in total. The molecule has 3 heteroatoms. The minimum Gasteiger partial charge on any atom is -0.383 e. The largest absolute Gasteiger partial charge is 0.383 e. The molecular formula is C13H17FN2. The lowest BCUT2D eigenvalue weighted by Gasteiger charge is -2.29. The van der Waals surface area contributed by atoms with Gasteiger partial charge in [-0.15, -0.1) is 0 Å². The van der Waals surface area contributed by atoms with Crippen LogP contribution in [0.2, 0.25) is 0 Å². The molecular weight excluding hydrogens is 203 g/mol. The molecule has 0 radical (unpaired) electrons. The van der Waals surface area contributed by atoms with Gasteiger partial charge in [0.2, 0.25) is 0 Å². The maximum absolute atomic E-state index is 13.1. The first kappa shape index (κ1) is 9.94. The van der Waals surface area contributed by atoms with Crippen molar-refractivity contribution in [2.24, 2.45) is 0 Å². The Kier molecular flexibility index (Phi) is 2.27. The first-order valence-corrected chi connectivity index (χ1v) is 6.09. The number of hydrogen-bond donors (Lipinski definition) is 2. The molecule has 2 aliphatic rings. The van der Waals surface area contributed by atoms with Crippen LogP contribution in [0.5, 0.6) is 0 Å². The number of rotatable bonds is 0. The fourth-order valence-corrected chi connectivity index (χ4v) is 2.98. The molecule has 1 aromatic carbocycles. The minimum absolute atomic E-state index is 0.171. The second kappa shape index (κ2) is 3.65. The van der Waals surface area contributed by atoms with Crippen molar-refractivity contribution in [1.82, 2.24) is 0 Å². The molecule has 0 bridgehead atoms. The van der Waals surface area contributed by atoms with Crippen LogP contribution in [0.1, 0.15) is 32.1 Å². The van der Waals surface area contributed by atoms with E-state index in [4.69, 9.17) is 0 Å². The van der Waals surface area contributed by atoms with Gasteiger partial charge in [0.15, 0.2) is 0 Å². The molecule has 16 heavy (non-hydrogen) atoms. The van der Waals surface area contributed by atoms with Crippen LogP contribution in [0.25, 0.3) is 0 Å². The highest BCUT2D eigenvalue weighted by Crippen LogP contribution is 2.39. The van der Waals surface area contributed by atoms with E-state index < -0.39 is 0 Å². The molecule has 1 aliphatic carbocycles. The molecule has 0 amide bonds. The van der Waals surface area contributed by atoms with Crippen LogP contribution >= 0.6 is 0 Å². The van der Waals surface area contributed by atoms with Gasteiger partial charge in [-0.3, -0.25) is 0 Å². The van der Waals surface area contributed by atoms with E-state index in [0.29, 0.717) is 0 Å². The summed E-state index contributed by atoms with van der Waals surface area (Å²) in [4.78, 5) is 0. The highest BCUT2D eigenvalue weighted by molar-refractivity contribution is 5.70. The van der Waals surface area contributed by atoms with Crippen molar-refractivity contribution in [3.05, 3.63) is 24.0 Å². The maximum atomic E-state index is 13.1. The summed E-state index contributed by atoms with van der Waals surface area (Å²) in [5.41, 5.74) is 2.22. The van der Waals surface area contributed by atoms with Gasteiger partial charge >= 0.3 is 0 Å². The van der Waals surface area contributed by atoms with Gasteiger partial charge in [-0.1, -0.05) is 12.8 Å². The van der Waals surface area contributed by atoms with Gasteiger partial charge in [0.05, 0.1) is 11.4 Å². The van der Waals surface area contributed by atoms with Crippen LogP contribution in [0.15, 0.2) is 18.2 Å². The van der Waals surface area contributed by atoms with Crippen LogP contribution in [-0.2, 0) is 0 Å². The lowest BCUT2D eigenvalue weighted by molar-refractivity contribution is 0.461. The van der Waals surface area contributed by atoms with Crippen molar-refractivity contribution >= 4 is 11.4 Å². The molecule has 3 rings (SSSR count). The highest BCUT2D eigenvalue weighted by atomic mass is 19.1. The molecule has 1 fully saturated rings. The highest BCUT2D eigenvalue weighted by Gasteiger charge is 2.35. The Morgan fingerprint density at radius 2 is 1.88 bits per heavy atom. The Labute approximate surface area is 95.2 Å². The average Bonchev–Trinajstić information content (AvgIpc) is 2.62. The monoisotopic (exact) mass is 220 g/mol. The second-order valence-corrected chi connectivity index (χ2v) is 4.98. The van der Waals surface area contributed by atoms with E-state index in [1.165, 1.54) is 31.7 Å². The van der Waals surface area contributed by atoms with Gasteiger partial charge in [-0.25, -0.2) is 4.39 Å². The van der Waals surface area contributed by atoms with Crippen molar-refractivity contribution in [2.45, 2.75) is 37.6 Å². The molecule has 1 heterocycles. The Morgan fingerprint density at radius 3 is 2.69 bits per heavy atom. The third kappa shape index (κ3) is 1.64. The molecule has 86 valence electrons. The predicted octanol–water partition coefficient (Wildman–Crippen LogP) is 3.37. The molecule has 1 aromatic rings. The van der Waals surface area contributed by atoms with Crippen LogP contribution in [0.4, 0.5) is 15.8 Å². The van der Waals surface area contributed by atoms with Gasteiger partial charge in [0.1, 0.15) is 5.82 Å². The molecule has 0 saturated heterocycles. The molecule has 0 atom stereocenters. The average molecular weight is 220 g/mol. The van der Waals surface area contributed by atoms with Crippen molar-refractivity contribution in [3.8, 4) is 0 Å². The van der Waals surface area contributed by atoms with E-state index in [0.717, 1.165) is 24.3 Å². The zero-order valence-electron chi connectivity index (χ0n) is 9.35. The summed E-state index contributed by atoms with van der Waals surface area (Å²) in [5, 5.41) is 6.95. The van der Waals surface area contributed by atoms with Gasteiger partial charge < -0.3 is 10.6 Å². The normalized spacial score (nSPS) is 22.1. The molecule has 0 unspecified atom stereocenters. The first-order chi connectivity index (χ1) is 7.77. The van der Waals surface area contributed by atoms with Crippen molar-refractivity contribution in [2.75, 3.05) is 17.2 Å². The van der Waals surface area contributed by atoms with E-state index in [1.807, 2.05) is 6.07 Å². The zero-order valence-corrected chi connectivity index (χ0v) is 9.35. The zero-order chi connectivity index (χ0) is 11.0. The quantitative estimate of drug-likeness (QED) is 0.700. The third-order valence-corrected chi connectivity index (χ3v) is 3.86. The topological polar surface area (TPSA) is 24.1 Å². The summed E-state index contributed by atoms with van der Waals surface area (Å²) < 4.78 is 13.1. The Bertz CT molecular complexity index is 397. The van der Waals surface area contributed by atoms with E-state index in [-0.39, 0.29) is 11.4 Å². The number of anilines is 2. The predicted molar refractivity (Wildman–Crippen MR) is 64.3 cm³/mol. The van der Waals surface area contributed by atoms with E-state index in [2.05, 4.69) is 10.6 Å². The van der Waals surface area contributed by atoms with Crippen LogP contribution in [0.3, 0.4) is 0 Å². The van der Waals surface area contributed by atoms with Crippen LogP contribution < -0.4 is 10.6 Å². The standard InChI is InChI=1S/C13H17FN2/c14-10-3-4-11-12(9-10)15-8-7-13(16-11)5-1-2-6-13/h3-4,9,15-16H,1-2,5-8H2. The van der Waals surface area contributed by atoms with E-state index in [9.17, 15) is 4.39 Å². The second-order valence-electron chi connectivity index (χ2n) is 4.98. The lowest BCUT2D eigenvalue weighted by Crippen LogP contribution is -2.35. The van der Waals surface area contributed by atoms with Gasteiger partial charge in [0.25, 0.3) is 0 Å². The van der Waals surface area contributed by atoms with Crippen molar-refractivity contribution in [3.63, 3.8) is 0 Å². The smallest absolute Gasteiger partial charge is 0.125 e. The summed E-state index contributed by atoms with van der Waals surface area (Å²) in [5.74, 6) is -0.171. The lowest BCUT2D eigenvalue weighted by atomic mass is 9.93. The van der Waals surface area contributed by atoms with Crippen molar-refractivity contribution < 1.29 is 4.39 Å². The number of halogens is 1. The number of hydrogen-bond acceptors (Lipinski definition) is 2. The van der Waals surface area contributed by atoms with Crippen molar-refractivity contribution in [1.29, 1.82) is 0 Å². The molecule has 1 aliphatic heterocycles. The summed E-state index contributed by atoms with van der Waals surface area (Å²) in [7, 11) is 0. The Balaban J connectivity index is 1.94. The Hall–Kier alpha value is -1.25. The van der Waals surface area contributed by atoms with Gasteiger partial charge in [0, 0.05) is 12.1 Å². The Morgan fingerprint density at radius 1 is 1.06 bits per heavy atom. The summed E-state index contributed by atoms with van der Waals surface area (Å²) in [6.07, 6.45) is 6.23. The fraction of sp³-hybridized carbons (Fsp3) is 0.538. The fourth-order valence-electron chi connectivity index (χ4n) is 2.98. The number of fused-ring (bicyclic) bond motifs is 1. The number of benzene rings is 1.